The topological polar surface area (TPSA) is 106 Å². The Morgan fingerprint density at radius 2 is 1.73 bits per heavy atom. The van der Waals surface area contributed by atoms with Gasteiger partial charge in [0.25, 0.3) is 5.56 Å². The van der Waals surface area contributed by atoms with E-state index in [0.29, 0.717) is 23.4 Å². The molecule has 0 atom stereocenters. The molecule has 13 heteroatoms. The molecular weight excluding hydrogens is 589 g/mol. The van der Waals surface area contributed by atoms with Crippen LogP contribution < -0.4 is 15.6 Å². The van der Waals surface area contributed by atoms with Gasteiger partial charge in [0.15, 0.2) is 5.76 Å². The molecule has 0 radical (unpaired) electrons. The molecule has 0 saturated carbocycles. The maximum atomic E-state index is 14.5. The van der Waals surface area contributed by atoms with Gasteiger partial charge >= 0.3 is 12.3 Å². The van der Waals surface area contributed by atoms with Crippen LogP contribution in [0.2, 0.25) is 0 Å². The summed E-state index contributed by atoms with van der Waals surface area (Å²) in [7, 11) is 0. The van der Waals surface area contributed by atoms with Gasteiger partial charge < -0.3 is 13.9 Å². The van der Waals surface area contributed by atoms with Crippen molar-refractivity contribution in [3.8, 4) is 34.6 Å². The molecule has 0 fully saturated rings. The predicted octanol–water partition coefficient (Wildman–Crippen LogP) is 7.74. The predicted molar refractivity (Wildman–Crippen MR) is 150 cm³/mol. The Morgan fingerprint density at radius 1 is 1.02 bits per heavy atom. The number of carbonyl (C=O) groups excluding carboxylic acids is 1. The van der Waals surface area contributed by atoms with Gasteiger partial charge in [-0.15, -0.1) is 0 Å². The summed E-state index contributed by atoms with van der Waals surface area (Å²) in [5.41, 5.74) is -4.86. The zero-order valence-electron chi connectivity index (χ0n) is 23.9. The third-order valence-corrected chi connectivity index (χ3v) is 6.12. The number of anilines is 1. The highest BCUT2D eigenvalue weighted by atomic mass is 19.4. The Morgan fingerprint density at radius 3 is 2.34 bits per heavy atom. The molecule has 4 aromatic rings. The third kappa shape index (κ3) is 7.08. The number of furan rings is 1. The molecule has 1 N–H and O–H groups in total. The van der Waals surface area contributed by atoms with Crippen LogP contribution in [0.1, 0.15) is 44.4 Å². The molecule has 8 nitrogen and oxygen atoms in total. The van der Waals surface area contributed by atoms with Gasteiger partial charge in [0.2, 0.25) is 0 Å². The minimum atomic E-state index is -5.08. The van der Waals surface area contributed by atoms with Crippen LogP contribution in [0.3, 0.4) is 0 Å². The molecule has 0 unspecified atom stereocenters. The van der Waals surface area contributed by atoms with E-state index in [1.54, 1.807) is 39.8 Å². The van der Waals surface area contributed by atoms with Gasteiger partial charge in [-0.1, -0.05) is 6.07 Å². The fourth-order valence-electron chi connectivity index (χ4n) is 4.27. The molecule has 2 aromatic carbocycles. The molecule has 4 rings (SSSR count). The van der Waals surface area contributed by atoms with E-state index in [-0.39, 0.29) is 29.4 Å². The summed E-state index contributed by atoms with van der Waals surface area (Å²) < 4.78 is 87.2. The normalized spacial score (nSPS) is 11.6. The lowest BCUT2D eigenvalue weighted by Crippen LogP contribution is -2.29. The number of amides is 1. The van der Waals surface area contributed by atoms with Gasteiger partial charge in [-0.2, -0.15) is 18.4 Å². The summed E-state index contributed by atoms with van der Waals surface area (Å²) in [4.78, 5) is 25.6. The lowest BCUT2D eigenvalue weighted by molar-refractivity contribution is -0.137. The Balaban J connectivity index is 1.83. The number of nitriles is 1. The Kier molecular flexibility index (Phi) is 8.85. The molecule has 1 amide bonds. The SMILES string of the molecule is CCOc1ccc(-c2ccc(-c3cc(C(F)(F)F)c(C#N)c(=O)n3Cc3ccc(F)cc3F)o2)cc1NC(=O)OC(C)(C)C. The monoisotopic (exact) mass is 615 g/mol. The molecule has 0 aliphatic rings. The van der Waals surface area contributed by atoms with Crippen LogP contribution in [-0.2, 0) is 17.5 Å². The second kappa shape index (κ2) is 12.2. The van der Waals surface area contributed by atoms with Crippen LogP contribution in [0, 0.1) is 23.0 Å². The van der Waals surface area contributed by atoms with Crippen molar-refractivity contribution in [3.63, 3.8) is 0 Å². The number of pyridine rings is 1. The largest absolute Gasteiger partial charge is 0.492 e. The van der Waals surface area contributed by atoms with E-state index in [1.165, 1.54) is 24.3 Å². The van der Waals surface area contributed by atoms with Gasteiger partial charge in [0.1, 0.15) is 40.4 Å². The van der Waals surface area contributed by atoms with Gasteiger partial charge in [-0.25, -0.2) is 13.6 Å². The van der Waals surface area contributed by atoms with Gasteiger partial charge in [-0.3, -0.25) is 14.7 Å². The Bertz CT molecular complexity index is 1810. The minimum absolute atomic E-state index is 0.125. The minimum Gasteiger partial charge on any atom is -0.492 e. The molecule has 0 aliphatic carbocycles. The fourth-order valence-corrected chi connectivity index (χ4v) is 4.27. The Labute approximate surface area is 248 Å². The van der Waals surface area contributed by atoms with Crippen molar-refractivity contribution in [2.75, 3.05) is 11.9 Å². The molecular formula is C31H26F5N3O5. The zero-order chi connectivity index (χ0) is 32.4. The number of alkyl halides is 3. The third-order valence-electron chi connectivity index (χ3n) is 6.12. The average molecular weight is 616 g/mol. The quantitative estimate of drug-likeness (QED) is 0.213. The van der Waals surface area contributed by atoms with Crippen LogP contribution >= 0.6 is 0 Å². The van der Waals surface area contributed by atoms with Crippen molar-refractivity contribution in [2.24, 2.45) is 0 Å². The Hall–Kier alpha value is -5.12. The van der Waals surface area contributed by atoms with Crippen LogP contribution in [0.25, 0.3) is 22.8 Å². The van der Waals surface area contributed by atoms with Crippen LogP contribution in [0.5, 0.6) is 5.75 Å². The van der Waals surface area contributed by atoms with E-state index in [1.807, 2.05) is 0 Å². The maximum absolute atomic E-state index is 14.5. The second-order valence-electron chi connectivity index (χ2n) is 10.5. The lowest BCUT2D eigenvalue weighted by atomic mass is 10.1. The summed E-state index contributed by atoms with van der Waals surface area (Å²) in [5, 5.41) is 12.0. The van der Waals surface area contributed by atoms with Gasteiger partial charge in [-0.05, 0) is 70.2 Å². The number of carbonyl (C=O) groups is 1. The van der Waals surface area contributed by atoms with Crippen LogP contribution in [0.15, 0.2) is 63.8 Å². The first-order valence-electron chi connectivity index (χ1n) is 13.2. The molecule has 2 heterocycles. The highest BCUT2D eigenvalue weighted by molar-refractivity contribution is 5.88. The first-order chi connectivity index (χ1) is 20.6. The van der Waals surface area contributed by atoms with E-state index < -0.39 is 58.4 Å². The summed E-state index contributed by atoms with van der Waals surface area (Å²) in [5.74, 6) is -1.72. The van der Waals surface area contributed by atoms with E-state index in [4.69, 9.17) is 13.9 Å². The maximum Gasteiger partial charge on any atom is 0.417 e. The molecule has 0 spiro atoms. The lowest BCUT2D eigenvalue weighted by Gasteiger charge is -2.20. The number of hydrogen-bond donors (Lipinski definition) is 1. The van der Waals surface area contributed by atoms with Crippen molar-refractivity contribution in [3.05, 3.63) is 93.3 Å². The van der Waals surface area contributed by atoms with E-state index >= 15 is 0 Å². The van der Waals surface area contributed by atoms with E-state index in [0.717, 1.165) is 16.7 Å². The van der Waals surface area contributed by atoms with Crippen molar-refractivity contribution in [1.82, 2.24) is 4.57 Å². The van der Waals surface area contributed by atoms with Gasteiger partial charge in [0.05, 0.1) is 30.1 Å². The number of aromatic nitrogens is 1. The smallest absolute Gasteiger partial charge is 0.417 e. The molecule has 0 saturated heterocycles. The number of nitrogens with zero attached hydrogens (tertiary/aromatic N) is 2. The number of halogens is 5. The fraction of sp³-hybridized carbons (Fsp3) is 0.258. The summed E-state index contributed by atoms with van der Waals surface area (Å²) in [6.45, 7) is 6.46. The van der Waals surface area contributed by atoms with E-state index in [9.17, 15) is 36.8 Å². The molecule has 44 heavy (non-hydrogen) atoms. The summed E-state index contributed by atoms with van der Waals surface area (Å²) in [6, 6.07) is 11.7. The van der Waals surface area contributed by atoms with Crippen molar-refractivity contribution >= 4 is 11.8 Å². The molecule has 0 bridgehead atoms. The number of hydrogen-bond acceptors (Lipinski definition) is 6. The number of rotatable bonds is 7. The summed E-state index contributed by atoms with van der Waals surface area (Å²) >= 11 is 0. The number of benzene rings is 2. The molecule has 0 aliphatic heterocycles. The zero-order valence-corrected chi connectivity index (χ0v) is 23.9. The standard InChI is InChI=1S/C31H26F5N3O5/c1-5-42-26-9-7-17(12-23(26)38-29(41)44-30(2,3)4)25-10-11-27(43-25)24-14-21(31(34,35)36)20(15-37)28(40)39(24)16-18-6-8-19(32)13-22(18)33/h6-14H,5,16H2,1-4H3,(H,38,41). The molecule has 2 aromatic heterocycles. The van der Waals surface area contributed by atoms with Crippen molar-refractivity contribution in [1.29, 1.82) is 5.26 Å². The highest BCUT2D eigenvalue weighted by Gasteiger charge is 2.37. The highest BCUT2D eigenvalue weighted by Crippen LogP contribution is 2.37. The van der Waals surface area contributed by atoms with E-state index in [2.05, 4.69) is 5.32 Å². The average Bonchev–Trinajstić information content (AvgIpc) is 3.40. The second-order valence-corrected chi connectivity index (χ2v) is 10.5. The van der Waals surface area contributed by atoms with Gasteiger partial charge in [0, 0.05) is 17.2 Å². The number of ether oxygens (including phenoxy) is 2. The van der Waals surface area contributed by atoms with Crippen LogP contribution in [0.4, 0.5) is 32.4 Å². The molecule has 230 valence electrons. The first kappa shape index (κ1) is 31.8. The van der Waals surface area contributed by atoms with Crippen LogP contribution in [-0.4, -0.2) is 22.9 Å². The van der Waals surface area contributed by atoms with Crippen molar-refractivity contribution < 1.29 is 40.6 Å². The van der Waals surface area contributed by atoms with Crippen molar-refractivity contribution in [2.45, 2.75) is 46.0 Å². The summed E-state index contributed by atoms with van der Waals surface area (Å²) in [6.07, 6.45) is -5.84. The number of nitrogens with one attached hydrogen (secondary N) is 1. The first-order valence-corrected chi connectivity index (χ1v) is 13.2.